The van der Waals surface area contributed by atoms with E-state index in [1.54, 1.807) is 11.8 Å². The normalized spacial score (nSPS) is 30.8. The summed E-state index contributed by atoms with van der Waals surface area (Å²) >= 11 is 0. The van der Waals surface area contributed by atoms with Crippen molar-refractivity contribution < 1.29 is 24.3 Å². The van der Waals surface area contributed by atoms with Gasteiger partial charge in [-0.2, -0.15) is 0 Å². The monoisotopic (exact) mass is 521 g/mol. The maximum Gasteiger partial charge on any atom is 0.315 e. The van der Waals surface area contributed by atoms with E-state index < -0.39 is 47.1 Å². The van der Waals surface area contributed by atoms with E-state index in [2.05, 4.69) is 29.8 Å². The van der Waals surface area contributed by atoms with E-state index in [9.17, 15) is 24.3 Å². The first-order chi connectivity index (χ1) is 16.8. The van der Waals surface area contributed by atoms with Gasteiger partial charge in [-0.05, 0) is 63.2 Å². The van der Waals surface area contributed by atoms with Crippen LogP contribution in [0.4, 0.5) is 4.79 Å². The van der Waals surface area contributed by atoms with Gasteiger partial charge in [-0.15, -0.1) is 0 Å². The maximum atomic E-state index is 13.9. The predicted molar refractivity (Wildman–Crippen MR) is 140 cm³/mol. The van der Waals surface area contributed by atoms with Crippen molar-refractivity contribution in [3.05, 3.63) is 0 Å². The molecule has 0 bridgehead atoms. The van der Waals surface area contributed by atoms with Crippen LogP contribution >= 0.6 is 0 Å². The molecule has 3 aliphatic rings. The number of nitrogens with zero attached hydrogens (tertiary/aromatic N) is 1. The van der Waals surface area contributed by atoms with Gasteiger partial charge in [0.2, 0.25) is 11.8 Å². The quantitative estimate of drug-likeness (QED) is 0.339. The summed E-state index contributed by atoms with van der Waals surface area (Å²) in [4.78, 5) is 54.3. The van der Waals surface area contributed by atoms with Gasteiger partial charge in [0.25, 0.3) is 0 Å². The van der Waals surface area contributed by atoms with Gasteiger partial charge in [0.15, 0.2) is 5.78 Å². The Hall–Kier alpha value is -2.20. The molecule has 210 valence electrons. The second kappa shape index (κ2) is 9.84. The van der Waals surface area contributed by atoms with E-state index in [0.717, 1.165) is 6.42 Å². The zero-order valence-corrected chi connectivity index (χ0v) is 23.8. The molecule has 6 N–H and O–H groups in total. The number of nitrogens with one attached hydrogen (secondary N) is 3. The highest BCUT2D eigenvalue weighted by atomic mass is 16.3. The number of fused-ring (bicyclic) bond motifs is 1. The fourth-order valence-corrected chi connectivity index (χ4v) is 5.87. The number of rotatable bonds is 7. The van der Waals surface area contributed by atoms with Crippen LogP contribution < -0.4 is 21.7 Å². The molecule has 4 amide bonds. The number of aliphatic hydroxyl groups is 1. The highest BCUT2D eigenvalue weighted by Crippen LogP contribution is 2.65. The molecule has 1 aliphatic heterocycles. The topological polar surface area (TPSA) is 154 Å². The first kappa shape index (κ1) is 29.4. The highest BCUT2D eigenvalue weighted by Gasteiger charge is 2.69. The lowest BCUT2D eigenvalue weighted by atomic mass is 9.75. The average Bonchev–Trinajstić information content (AvgIpc) is 3.08. The number of hydrogen-bond donors (Lipinski definition) is 5. The number of likely N-dealkylation sites (tertiary alicyclic amines) is 1. The highest BCUT2D eigenvalue weighted by molar-refractivity contribution is 5.94. The molecular formula is C27H47N5O5. The molecule has 0 radical (unpaired) electrons. The van der Waals surface area contributed by atoms with Crippen LogP contribution in [-0.4, -0.2) is 76.0 Å². The molecule has 0 spiro atoms. The fraction of sp³-hybridized carbons (Fsp3) is 0.852. The van der Waals surface area contributed by atoms with Crippen molar-refractivity contribution in [2.75, 3.05) is 6.54 Å². The van der Waals surface area contributed by atoms with E-state index in [1.165, 1.54) is 0 Å². The Morgan fingerprint density at radius 2 is 1.62 bits per heavy atom. The molecule has 0 aromatic carbocycles. The smallest absolute Gasteiger partial charge is 0.315 e. The van der Waals surface area contributed by atoms with Crippen molar-refractivity contribution in [1.82, 2.24) is 20.9 Å². The molecule has 37 heavy (non-hydrogen) atoms. The van der Waals surface area contributed by atoms with Gasteiger partial charge in [0.05, 0.1) is 6.04 Å². The number of piperidine rings is 1. The van der Waals surface area contributed by atoms with Crippen molar-refractivity contribution in [3.63, 3.8) is 0 Å². The molecule has 2 aliphatic carbocycles. The Kier molecular flexibility index (Phi) is 7.80. The maximum absolute atomic E-state index is 13.9. The Morgan fingerprint density at radius 3 is 2.08 bits per heavy atom. The first-order valence-electron chi connectivity index (χ1n) is 13.4. The van der Waals surface area contributed by atoms with Crippen LogP contribution in [0.15, 0.2) is 0 Å². The SMILES string of the molecule is CC(NC(=O)[C@@H]1[C@@H]2[C@H](CN1C(=O)[C@@H](NC(=O)NC(C)(C)C)C(C)(C)C)C2(C)C)C(O)C(=O)C1CCC1N. The molecule has 4 unspecified atom stereocenters. The molecule has 0 aromatic heterocycles. The minimum absolute atomic E-state index is 0.0411. The van der Waals surface area contributed by atoms with Crippen molar-refractivity contribution in [2.45, 2.75) is 111 Å². The number of ketones is 1. The first-order valence-corrected chi connectivity index (χ1v) is 13.4. The summed E-state index contributed by atoms with van der Waals surface area (Å²) in [7, 11) is 0. The summed E-state index contributed by atoms with van der Waals surface area (Å²) in [6, 6.07) is -3.12. The molecule has 10 nitrogen and oxygen atoms in total. The lowest BCUT2D eigenvalue weighted by Gasteiger charge is -2.38. The van der Waals surface area contributed by atoms with Gasteiger partial charge >= 0.3 is 6.03 Å². The van der Waals surface area contributed by atoms with Crippen LogP contribution in [0.1, 0.15) is 75.2 Å². The number of urea groups is 1. The Balaban J connectivity index is 1.77. The summed E-state index contributed by atoms with van der Waals surface area (Å²) in [5.74, 6) is -1.33. The summed E-state index contributed by atoms with van der Waals surface area (Å²) in [5, 5.41) is 19.1. The molecular weight excluding hydrogens is 474 g/mol. The largest absolute Gasteiger partial charge is 0.383 e. The number of aliphatic hydroxyl groups excluding tert-OH is 1. The van der Waals surface area contributed by atoms with Gasteiger partial charge in [0.1, 0.15) is 18.2 Å². The van der Waals surface area contributed by atoms with Crippen molar-refractivity contribution in [2.24, 2.45) is 34.3 Å². The Bertz CT molecular complexity index is 936. The van der Waals surface area contributed by atoms with E-state index >= 15 is 0 Å². The van der Waals surface area contributed by atoms with Crippen molar-refractivity contribution >= 4 is 23.6 Å². The van der Waals surface area contributed by atoms with E-state index in [4.69, 9.17) is 5.73 Å². The third-order valence-electron chi connectivity index (χ3n) is 8.47. The summed E-state index contributed by atoms with van der Waals surface area (Å²) in [5.41, 5.74) is 4.71. The summed E-state index contributed by atoms with van der Waals surface area (Å²) in [6.07, 6.45) is 0.0293. The van der Waals surface area contributed by atoms with Crippen LogP contribution in [0.2, 0.25) is 0 Å². The summed E-state index contributed by atoms with van der Waals surface area (Å²) in [6.45, 7) is 17.4. The third kappa shape index (κ3) is 5.95. The minimum atomic E-state index is -1.36. The number of Topliss-reactive ketones (excluding diaryl/α,β-unsaturated/α-hetero) is 1. The van der Waals surface area contributed by atoms with E-state index in [1.807, 2.05) is 41.5 Å². The number of carbonyl (C=O) groups excluding carboxylic acids is 4. The Labute approximate surface area is 220 Å². The second-order valence-electron chi connectivity index (χ2n) is 14.0. The third-order valence-corrected chi connectivity index (χ3v) is 8.47. The molecule has 1 saturated heterocycles. The second-order valence-corrected chi connectivity index (χ2v) is 14.0. The number of amides is 4. The Morgan fingerprint density at radius 1 is 1.03 bits per heavy atom. The summed E-state index contributed by atoms with van der Waals surface area (Å²) < 4.78 is 0. The van der Waals surface area contributed by atoms with Crippen LogP contribution in [0.5, 0.6) is 0 Å². The number of hydrogen-bond acceptors (Lipinski definition) is 6. The van der Waals surface area contributed by atoms with Crippen molar-refractivity contribution in [1.29, 1.82) is 0 Å². The van der Waals surface area contributed by atoms with Gasteiger partial charge in [-0.1, -0.05) is 34.6 Å². The molecule has 10 heteroatoms. The number of carbonyl (C=O) groups is 4. The predicted octanol–water partition coefficient (Wildman–Crippen LogP) is 1.15. The lowest BCUT2D eigenvalue weighted by Crippen LogP contribution is -2.62. The number of nitrogens with two attached hydrogens (primary N) is 1. The van der Waals surface area contributed by atoms with Crippen LogP contribution in [0.3, 0.4) is 0 Å². The van der Waals surface area contributed by atoms with Gasteiger partial charge < -0.3 is 31.7 Å². The van der Waals surface area contributed by atoms with Crippen LogP contribution in [-0.2, 0) is 14.4 Å². The van der Waals surface area contributed by atoms with Crippen molar-refractivity contribution in [3.8, 4) is 0 Å². The lowest BCUT2D eigenvalue weighted by molar-refractivity contribution is -0.145. The zero-order chi connectivity index (χ0) is 28.2. The van der Waals surface area contributed by atoms with E-state index in [0.29, 0.717) is 13.0 Å². The molecule has 3 rings (SSSR count). The molecule has 0 aromatic rings. The van der Waals surface area contributed by atoms with Gasteiger partial charge in [-0.25, -0.2) is 4.79 Å². The molecule has 1 heterocycles. The standard InChI is InChI=1S/C27H47N5O5/c1-13(19(33)20(34)14-10-11-16(14)28)29-22(35)18-17-15(27(17,8)9)12-32(18)23(36)21(25(2,3)4)30-24(37)31-26(5,6)7/h13-19,21,33H,10-12,28H2,1-9H3,(H,29,35)(H2,30,31,37)/t13?,14?,15-,16?,17-,18-,19?,21+/m0/s1. The van der Waals surface area contributed by atoms with E-state index in [-0.39, 0.29) is 40.9 Å². The molecule has 8 atom stereocenters. The van der Waals surface area contributed by atoms with Crippen LogP contribution in [0.25, 0.3) is 0 Å². The van der Waals surface area contributed by atoms with Gasteiger partial charge in [-0.3, -0.25) is 14.4 Å². The average molecular weight is 522 g/mol. The van der Waals surface area contributed by atoms with Crippen LogP contribution in [0, 0.1) is 28.6 Å². The fourth-order valence-electron chi connectivity index (χ4n) is 5.87. The zero-order valence-electron chi connectivity index (χ0n) is 23.8. The molecule has 3 fully saturated rings. The van der Waals surface area contributed by atoms with Gasteiger partial charge in [0, 0.05) is 24.0 Å². The minimum Gasteiger partial charge on any atom is -0.383 e. The molecule has 2 saturated carbocycles.